The summed E-state index contributed by atoms with van der Waals surface area (Å²) in [6.45, 7) is 3.77. The summed E-state index contributed by atoms with van der Waals surface area (Å²) in [6.07, 6.45) is 2.80. The Hall–Kier alpha value is -4.00. The molecular formula is C25H22ClN5O5S2. The number of benzene rings is 3. The molecular weight excluding hydrogens is 550 g/mol. The number of nitrogens with zero attached hydrogens (tertiary/aromatic N) is 2. The number of amides is 1. The van der Waals surface area contributed by atoms with Crippen molar-refractivity contribution in [3.8, 4) is 0 Å². The second-order valence-electron chi connectivity index (χ2n) is 8.21. The Kier molecular flexibility index (Phi) is 7.67. The number of aromatic nitrogens is 2. The molecule has 0 fully saturated rings. The fourth-order valence-electron chi connectivity index (χ4n) is 3.32. The molecule has 13 heteroatoms. The lowest BCUT2D eigenvalue weighted by Gasteiger charge is -2.13. The van der Waals surface area contributed by atoms with Crippen molar-refractivity contribution >= 4 is 54.9 Å². The van der Waals surface area contributed by atoms with Crippen molar-refractivity contribution in [1.29, 1.82) is 0 Å². The molecule has 38 heavy (non-hydrogen) atoms. The molecule has 10 nitrogen and oxygen atoms in total. The number of hydrogen-bond acceptors (Lipinski definition) is 7. The van der Waals surface area contributed by atoms with Gasteiger partial charge in [-0.05, 0) is 85.6 Å². The van der Waals surface area contributed by atoms with Gasteiger partial charge in [-0.1, -0.05) is 17.7 Å². The second kappa shape index (κ2) is 10.8. The number of carbonyl (C=O) groups excluding carboxylic acids is 1. The highest BCUT2D eigenvalue weighted by atomic mass is 35.5. The van der Waals surface area contributed by atoms with Gasteiger partial charge in [0.15, 0.2) is 0 Å². The van der Waals surface area contributed by atoms with E-state index < -0.39 is 26.0 Å². The van der Waals surface area contributed by atoms with Crippen LogP contribution in [0.3, 0.4) is 0 Å². The third-order valence-corrected chi connectivity index (χ3v) is 8.66. The molecule has 0 aliphatic heterocycles. The van der Waals surface area contributed by atoms with Gasteiger partial charge in [-0.15, -0.1) is 0 Å². The van der Waals surface area contributed by atoms with Crippen LogP contribution in [0.1, 0.15) is 21.5 Å². The number of anilines is 3. The molecule has 1 heterocycles. The number of sulfonamides is 2. The summed E-state index contributed by atoms with van der Waals surface area (Å²) in [4.78, 5) is 20.2. The van der Waals surface area contributed by atoms with E-state index in [9.17, 15) is 21.6 Å². The molecule has 4 aromatic rings. The van der Waals surface area contributed by atoms with Gasteiger partial charge in [0.2, 0.25) is 5.95 Å². The van der Waals surface area contributed by atoms with E-state index in [0.717, 1.165) is 11.1 Å². The first-order valence-electron chi connectivity index (χ1n) is 11.1. The maximum Gasteiger partial charge on any atom is 0.264 e. The molecule has 196 valence electrons. The summed E-state index contributed by atoms with van der Waals surface area (Å²) in [5, 5.41) is 2.56. The molecule has 0 spiro atoms. The Labute approximate surface area is 225 Å². The zero-order valence-electron chi connectivity index (χ0n) is 20.1. The van der Waals surface area contributed by atoms with Crippen molar-refractivity contribution in [2.75, 3.05) is 14.8 Å². The standard InChI is InChI=1S/C25H22ClN5O5S2/c1-16-4-6-20(14-17(16)2)30-38(35,36)23-15-18(5-11-22(23)26)24(32)29-19-7-9-21(10-8-19)37(33,34)31-25-27-12-3-13-28-25/h3-15,30H,1-2H3,(H,29,32)(H,27,28,31). The predicted molar refractivity (Wildman–Crippen MR) is 145 cm³/mol. The van der Waals surface area contributed by atoms with Gasteiger partial charge in [-0.2, -0.15) is 0 Å². The smallest absolute Gasteiger partial charge is 0.264 e. The second-order valence-corrected chi connectivity index (χ2v) is 11.9. The third kappa shape index (κ3) is 6.28. The Morgan fingerprint density at radius 2 is 1.42 bits per heavy atom. The first-order chi connectivity index (χ1) is 17.9. The topological polar surface area (TPSA) is 147 Å². The highest BCUT2D eigenvalue weighted by Gasteiger charge is 2.21. The zero-order chi connectivity index (χ0) is 27.5. The number of carbonyl (C=O) groups is 1. The molecule has 0 saturated carbocycles. The molecule has 3 aromatic carbocycles. The summed E-state index contributed by atoms with van der Waals surface area (Å²) >= 11 is 6.16. The molecule has 0 radical (unpaired) electrons. The van der Waals surface area contributed by atoms with Crippen LogP contribution < -0.4 is 14.8 Å². The quantitative estimate of drug-likeness (QED) is 0.280. The van der Waals surface area contributed by atoms with Crippen LogP contribution >= 0.6 is 11.6 Å². The van der Waals surface area contributed by atoms with Gasteiger partial charge in [0.25, 0.3) is 26.0 Å². The maximum atomic E-state index is 13.0. The lowest BCUT2D eigenvalue weighted by Crippen LogP contribution is -2.17. The monoisotopic (exact) mass is 571 g/mol. The molecule has 0 bridgehead atoms. The Morgan fingerprint density at radius 1 is 0.763 bits per heavy atom. The van der Waals surface area contributed by atoms with E-state index in [4.69, 9.17) is 11.6 Å². The minimum absolute atomic E-state index is 0.0365. The average molecular weight is 572 g/mol. The number of halogens is 1. The largest absolute Gasteiger partial charge is 0.322 e. The van der Waals surface area contributed by atoms with Gasteiger partial charge in [-0.25, -0.2) is 31.5 Å². The molecule has 0 aliphatic carbocycles. The minimum atomic E-state index is -4.10. The first-order valence-corrected chi connectivity index (χ1v) is 14.4. The summed E-state index contributed by atoms with van der Waals surface area (Å²) in [6, 6.07) is 15.9. The van der Waals surface area contributed by atoms with Crippen LogP contribution in [0.4, 0.5) is 17.3 Å². The number of rotatable bonds is 8. The van der Waals surface area contributed by atoms with E-state index in [1.54, 1.807) is 24.3 Å². The van der Waals surface area contributed by atoms with Crippen molar-refractivity contribution in [2.24, 2.45) is 0 Å². The van der Waals surface area contributed by atoms with Crippen LogP contribution in [-0.2, 0) is 20.0 Å². The summed E-state index contributed by atoms with van der Waals surface area (Å²) < 4.78 is 55.8. The fourth-order valence-corrected chi connectivity index (χ4v) is 5.85. The highest BCUT2D eigenvalue weighted by Crippen LogP contribution is 2.26. The van der Waals surface area contributed by atoms with E-state index in [0.29, 0.717) is 5.69 Å². The van der Waals surface area contributed by atoms with E-state index in [2.05, 4.69) is 24.7 Å². The molecule has 4 rings (SSSR count). The lowest BCUT2D eigenvalue weighted by molar-refractivity contribution is 0.102. The van der Waals surface area contributed by atoms with Crippen LogP contribution in [0.5, 0.6) is 0 Å². The van der Waals surface area contributed by atoms with Crippen LogP contribution in [0.25, 0.3) is 0 Å². The Balaban J connectivity index is 1.50. The molecule has 0 atom stereocenters. The van der Waals surface area contributed by atoms with Crippen LogP contribution in [0.15, 0.2) is 88.9 Å². The van der Waals surface area contributed by atoms with Gasteiger partial charge in [0.05, 0.1) is 9.92 Å². The Morgan fingerprint density at radius 3 is 2.08 bits per heavy atom. The summed E-state index contributed by atoms with van der Waals surface area (Å²) in [5.41, 5.74) is 2.61. The van der Waals surface area contributed by atoms with Gasteiger partial charge in [-0.3, -0.25) is 9.52 Å². The van der Waals surface area contributed by atoms with E-state index in [-0.39, 0.29) is 32.0 Å². The molecule has 3 N–H and O–H groups in total. The predicted octanol–water partition coefficient (Wildman–Crippen LogP) is 4.60. The van der Waals surface area contributed by atoms with E-state index in [1.807, 2.05) is 13.8 Å². The number of nitrogens with one attached hydrogen (secondary N) is 3. The summed E-state index contributed by atoms with van der Waals surface area (Å²) in [5.74, 6) is -0.693. The van der Waals surface area contributed by atoms with Crippen LogP contribution in [0.2, 0.25) is 5.02 Å². The molecule has 1 amide bonds. The average Bonchev–Trinajstić information content (AvgIpc) is 2.87. The molecule has 0 saturated heterocycles. The SMILES string of the molecule is Cc1ccc(NS(=O)(=O)c2cc(C(=O)Nc3ccc(S(=O)(=O)Nc4ncccn4)cc3)ccc2Cl)cc1C. The third-order valence-electron chi connectivity index (χ3n) is 5.46. The van der Waals surface area contributed by atoms with Crippen molar-refractivity contribution in [3.05, 3.63) is 101 Å². The zero-order valence-corrected chi connectivity index (χ0v) is 22.5. The molecule has 1 aromatic heterocycles. The summed E-state index contributed by atoms with van der Waals surface area (Å²) in [7, 11) is -8.04. The fraction of sp³-hybridized carbons (Fsp3) is 0.0800. The van der Waals surface area contributed by atoms with Crippen molar-refractivity contribution in [1.82, 2.24) is 9.97 Å². The van der Waals surface area contributed by atoms with Crippen LogP contribution in [-0.4, -0.2) is 32.7 Å². The van der Waals surface area contributed by atoms with Gasteiger partial charge in [0, 0.05) is 29.3 Å². The molecule has 0 unspecified atom stereocenters. The van der Waals surface area contributed by atoms with Gasteiger partial charge in [0.1, 0.15) is 4.90 Å². The normalized spacial score (nSPS) is 11.6. The maximum absolute atomic E-state index is 13.0. The van der Waals surface area contributed by atoms with Gasteiger partial charge < -0.3 is 5.32 Å². The first kappa shape index (κ1) is 27.0. The number of hydrogen-bond donors (Lipinski definition) is 3. The lowest BCUT2D eigenvalue weighted by atomic mass is 10.1. The van der Waals surface area contributed by atoms with Crippen molar-refractivity contribution in [2.45, 2.75) is 23.6 Å². The van der Waals surface area contributed by atoms with E-state index >= 15 is 0 Å². The Bertz CT molecular complexity index is 1710. The van der Waals surface area contributed by atoms with Gasteiger partial charge >= 0.3 is 0 Å². The molecule has 0 aliphatic rings. The highest BCUT2D eigenvalue weighted by molar-refractivity contribution is 7.93. The van der Waals surface area contributed by atoms with E-state index in [1.165, 1.54) is 54.9 Å². The van der Waals surface area contributed by atoms with Crippen molar-refractivity contribution < 1.29 is 21.6 Å². The minimum Gasteiger partial charge on any atom is -0.322 e. The van der Waals surface area contributed by atoms with Crippen molar-refractivity contribution in [3.63, 3.8) is 0 Å². The van der Waals surface area contributed by atoms with Crippen LogP contribution in [0, 0.1) is 13.8 Å². The number of aryl methyl sites for hydroxylation is 2.